The van der Waals surface area contributed by atoms with E-state index in [9.17, 15) is 0 Å². The molecule has 0 amide bonds. The number of hydrogen-bond acceptors (Lipinski definition) is 0. The predicted molar refractivity (Wildman–Crippen MR) is 216 cm³/mol. The Morgan fingerprint density at radius 2 is 1.41 bits per heavy atom. The van der Waals surface area contributed by atoms with Crippen molar-refractivity contribution < 1.29 is 0 Å². The molecule has 0 unspecified atom stereocenters. The lowest BCUT2D eigenvalue weighted by Crippen LogP contribution is -2.02. The minimum absolute atomic E-state index is 1.07. The molecule has 1 aliphatic rings. The maximum atomic E-state index is 4.19. The first-order valence-corrected chi connectivity index (χ1v) is 17.5. The van der Waals surface area contributed by atoms with Gasteiger partial charge in [0.2, 0.25) is 0 Å². The molecule has 0 N–H and O–H groups in total. The molecule has 0 fully saturated rings. The second kappa shape index (κ2) is 11.5. The van der Waals surface area contributed by atoms with Crippen molar-refractivity contribution in [3.05, 3.63) is 161 Å². The summed E-state index contributed by atoms with van der Waals surface area (Å²) in [4.78, 5) is 0. The largest absolute Gasteiger partial charge is 0.0984 e. The molecule has 0 spiro atoms. The molecule has 0 saturated heterocycles. The standard InChI is InChI=1S/C49H38/c1-5-13-41-32(6-2)27-35-16-9-10-18-42(35)47(41)38-24-25-39(30(3)26-38)46-31(4)40-19-12-20-43-45(29-37-17-11-21-44(46)48(37)49(40)43)36-23-22-33-14-7-8-15-34(33)28-36/h5-8,10-15,17-29H,2,9,16H2,1,3-4H3/b13-5-. The van der Waals surface area contributed by atoms with E-state index in [1.807, 2.05) is 6.08 Å². The molecule has 8 aromatic rings. The van der Waals surface area contributed by atoms with Crippen molar-refractivity contribution in [1.82, 2.24) is 0 Å². The van der Waals surface area contributed by atoms with E-state index in [1.54, 1.807) is 0 Å². The summed E-state index contributed by atoms with van der Waals surface area (Å²) in [7, 11) is 0. The fraction of sp³-hybridized carbons (Fsp3) is 0.102. The summed E-state index contributed by atoms with van der Waals surface area (Å²) in [5, 5.41) is 10.5. The first-order valence-electron chi connectivity index (χ1n) is 17.5. The molecule has 0 radical (unpaired) electrons. The van der Waals surface area contributed by atoms with Crippen LogP contribution < -0.4 is 0 Å². The van der Waals surface area contributed by atoms with Crippen LogP contribution in [0.2, 0.25) is 0 Å². The SMILES string of the molecule is C=Cc1cc2c(c(-c3ccc(-c4c(C)c5cccc6c(-c7ccc8ccccc8c7)cc7cccc4c7c65)c(C)c3)c1/C=C\C)C=CCC2. The Labute approximate surface area is 288 Å². The highest BCUT2D eigenvalue weighted by atomic mass is 14.3. The highest BCUT2D eigenvalue weighted by Crippen LogP contribution is 2.47. The molecule has 8 aromatic carbocycles. The van der Waals surface area contributed by atoms with E-state index in [-0.39, 0.29) is 0 Å². The van der Waals surface area contributed by atoms with Crippen LogP contribution in [0.1, 0.15) is 46.7 Å². The molecule has 0 bridgehead atoms. The van der Waals surface area contributed by atoms with Crippen LogP contribution in [0.15, 0.2) is 128 Å². The number of benzene rings is 8. The molecule has 0 aliphatic heterocycles. The molecule has 0 nitrogen and oxygen atoms in total. The van der Waals surface area contributed by atoms with Crippen molar-refractivity contribution >= 4 is 61.3 Å². The van der Waals surface area contributed by atoms with Gasteiger partial charge in [-0.1, -0.05) is 134 Å². The van der Waals surface area contributed by atoms with Gasteiger partial charge in [0.25, 0.3) is 0 Å². The van der Waals surface area contributed by atoms with Gasteiger partial charge >= 0.3 is 0 Å². The van der Waals surface area contributed by atoms with Crippen LogP contribution >= 0.6 is 0 Å². The number of hydrogen-bond donors (Lipinski definition) is 0. The first-order chi connectivity index (χ1) is 24.1. The Morgan fingerprint density at radius 1 is 0.633 bits per heavy atom. The van der Waals surface area contributed by atoms with Crippen LogP contribution in [0.5, 0.6) is 0 Å². The van der Waals surface area contributed by atoms with E-state index in [0.717, 1.165) is 12.8 Å². The zero-order valence-electron chi connectivity index (χ0n) is 28.4. The molecule has 49 heavy (non-hydrogen) atoms. The van der Waals surface area contributed by atoms with Crippen molar-refractivity contribution in [1.29, 1.82) is 0 Å². The van der Waals surface area contributed by atoms with Crippen molar-refractivity contribution in [3.8, 4) is 33.4 Å². The summed E-state index contributed by atoms with van der Waals surface area (Å²) in [6, 6.07) is 41.1. The Kier molecular flexibility index (Phi) is 6.88. The number of rotatable bonds is 5. The van der Waals surface area contributed by atoms with Crippen molar-refractivity contribution in [3.63, 3.8) is 0 Å². The predicted octanol–water partition coefficient (Wildman–Crippen LogP) is 14.0. The zero-order chi connectivity index (χ0) is 33.2. The third-order valence-electron chi connectivity index (χ3n) is 10.8. The lowest BCUT2D eigenvalue weighted by atomic mass is 9.81. The van der Waals surface area contributed by atoms with Gasteiger partial charge in [-0.3, -0.25) is 0 Å². The first kappa shape index (κ1) is 29.4. The maximum absolute atomic E-state index is 4.19. The van der Waals surface area contributed by atoms with Crippen molar-refractivity contribution in [2.45, 2.75) is 33.6 Å². The highest BCUT2D eigenvalue weighted by molar-refractivity contribution is 6.30. The van der Waals surface area contributed by atoms with E-state index in [2.05, 4.69) is 161 Å². The van der Waals surface area contributed by atoms with Crippen LogP contribution in [0, 0.1) is 13.8 Å². The summed E-state index contributed by atoms with van der Waals surface area (Å²) in [5.74, 6) is 0. The van der Waals surface area contributed by atoms with E-state index in [1.165, 1.54) is 110 Å². The Hall–Kier alpha value is -5.72. The summed E-state index contributed by atoms with van der Waals surface area (Å²) in [6.45, 7) is 10.9. The Bertz CT molecular complexity index is 2690. The van der Waals surface area contributed by atoms with Gasteiger partial charge in [0, 0.05) is 0 Å². The smallest absolute Gasteiger partial charge is 0.00175 e. The third-order valence-corrected chi connectivity index (χ3v) is 10.8. The molecule has 0 saturated carbocycles. The quantitative estimate of drug-likeness (QED) is 0.167. The molecular weight excluding hydrogens is 589 g/mol. The average Bonchev–Trinajstić information content (AvgIpc) is 3.14. The van der Waals surface area contributed by atoms with Gasteiger partial charge in [-0.25, -0.2) is 0 Å². The highest BCUT2D eigenvalue weighted by Gasteiger charge is 2.22. The minimum Gasteiger partial charge on any atom is -0.0984 e. The molecule has 234 valence electrons. The monoisotopic (exact) mass is 626 g/mol. The summed E-state index contributed by atoms with van der Waals surface area (Å²) >= 11 is 0. The number of fused-ring (bicyclic) bond motifs is 2. The average molecular weight is 627 g/mol. The maximum Gasteiger partial charge on any atom is -0.00175 e. The number of aryl methyl sites for hydroxylation is 3. The van der Waals surface area contributed by atoms with Crippen LogP contribution in [0.25, 0.3) is 94.7 Å². The van der Waals surface area contributed by atoms with Crippen LogP contribution in [-0.2, 0) is 6.42 Å². The van der Waals surface area contributed by atoms with Gasteiger partial charge in [0.1, 0.15) is 0 Å². The van der Waals surface area contributed by atoms with Crippen molar-refractivity contribution in [2.75, 3.05) is 0 Å². The Balaban J connectivity index is 1.28. The molecule has 9 rings (SSSR count). The fourth-order valence-corrected chi connectivity index (χ4v) is 8.61. The molecular formula is C49H38. The van der Waals surface area contributed by atoms with Gasteiger partial charge in [-0.2, -0.15) is 0 Å². The summed E-state index contributed by atoms with van der Waals surface area (Å²) < 4.78 is 0. The lowest BCUT2D eigenvalue weighted by Gasteiger charge is -2.23. The fourth-order valence-electron chi connectivity index (χ4n) is 8.61. The summed E-state index contributed by atoms with van der Waals surface area (Å²) in [5.41, 5.74) is 15.6. The van der Waals surface area contributed by atoms with Crippen LogP contribution in [-0.4, -0.2) is 0 Å². The van der Waals surface area contributed by atoms with E-state index >= 15 is 0 Å². The lowest BCUT2D eigenvalue weighted by molar-refractivity contribution is 0.985. The number of allylic oxidation sites excluding steroid dienone is 2. The second-order valence-electron chi connectivity index (χ2n) is 13.6. The van der Waals surface area contributed by atoms with Gasteiger partial charge in [-0.05, 0) is 156 Å². The van der Waals surface area contributed by atoms with Gasteiger partial charge in [0.05, 0.1) is 0 Å². The van der Waals surface area contributed by atoms with Gasteiger partial charge in [-0.15, -0.1) is 0 Å². The molecule has 0 heteroatoms. The van der Waals surface area contributed by atoms with Gasteiger partial charge in [0.15, 0.2) is 0 Å². The van der Waals surface area contributed by atoms with E-state index in [4.69, 9.17) is 0 Å². The van der Waals surface area contributed by atoms with E-state index < -0.39 is 0 Å². The summed E-state index contributed by atoms with van der Waals surface area (Å²) in [6.07, 6.45) is 13.2. The van der Waals surface area contributed by atoms with Crippen molar-refractivity contribution in [2.24, 2.45) is 0 Å². The van der Waals surface area contributed by atoms with Crippen LogP contribution in [0.3, 0.4) is 0 Å². The molecule has 0 heterocycles. The topological polar surface area (TPSA) is 0 Å². The van der Waals surface area contributed by atoms with E-state index in [0.29, 0.717) is 0 Å². The Morgan fingerprint density at radius 3 is 2.24 bits per heavy atom. The second-order valence-corrected chi connectivity index (χ2v) is 13.6. The molecule has 0 atom stereocenters. The molecule has 1 aliphatic carbocycles. The minimum atomic E-state index is 1.07. The normalized spacial score (nSPS) is 13.0. The molecule has 0 aromatic heterocycles. The zero-order valence-corrected chi connectivity index (χ0v) is 28.4. The van der Waals surface area contributed by atoms with Crippen LogP contribution in [0.4, 0.5) is 0 Å². The third kappa shape index (κ3) is 4.51. The van der Waals surface area contributed by atoms with Gasteiger partial charge < -0.3 is 0 Å².